The number of para-hydroxylation sites is 1. The van der Waals surface area contributed by atoms with Crippen molar-refractivity contribution in [2.75, 3.05) is 5.32 Å². The third kappa shape index (κ3) is 3.99. The maximum atomic E-state index is 6.05. The van der Waals surface area contributed by atoms with E-state index in [1.54, 1.807) is 0 Å². The van der Waals surface area contributed by atoms with E-state index in [4.69, 9.17) is 5.73 Å². The molecule has 0 radical (unpaired) electrons. The van der Waals surface area contributed by atoms with Gasteiger partial charge in [0.15, 0.2) is 5.96 Å². The molecule has 6 heteroatoms. The van der Waals surface area contributed by atoms with Gasteiger partial charge in [-0.15, -0.1) is 0 Å². The van der Waals surface area contributed by atoms with Crippen LogP contribution in [0.25, 0.3) is 21.7 Å². The smallest absolute Gasteiger partial charge is 0.230 e. The van der Waals surface area contributed by atoms with Crippen molar-refractivity contribution in [2.24, 2.45) is 10.7 Å². The average Bonchev–Trinajstić information content (AvgIpc) is 2.66. The molecule has 0 aliphatic rings. The van der Waals surface area contributed by atoms with Gasteiger partial charge in [0.1, 0.15) is 0 Å². The minimum absolute atomic E-state index is 0. The van der Waals surface area contributed by atoms with Crippen molar-refractivity contribution in [1.82, 2.24) is 9.97 Å². The molecular formula is C21H19ClN5-. The van der Waals surface area contributed by atoms with E-state index in [1.165, 1.54) is 10.8 Å². The number of aromatic nitrogens is 2. The summed E-state index contributed by atoms with van der Waals surface area (Å²) >= 11 is 0. The second-order valence-electron chi connectivity index (χ2n) is 6.11. The first-order valence-electron chi connectivity index (χ1n) is 8.48. The third-order valence-corrected chi connectivity index (χ3v) is 4.33. The van der Waals surface area contributed by atoms with Crippen LogP contribution in [0.2, 0.25) is 0 Å². The minimum atomic E-state index is 0. The van der Waals surface area contributed by atoms with Crippen molar-refractivity contribution in [2.45, 2.75) is 13.5 Å². The highest BCUT2D eigenvalue weighted by molar-refractivity contribution is 5.92. The molecule has 0 saturated carbocycles. The Labute approximate surface area is 163 Å². The molecule has 4 aromatic rings. The van der Waals surface area contributed by atoms with Crippen LogP contribution in [0.1, 0.15) is 11.3 Å². The van der Waals surface area contributed by atoms with Gasteiger partial charge in [0.25, 0.3) is 0 Å². The van der Waals surface area contributed by atoms with Crippen molar-refractivity contribution in [1.29, 1.82) is 0 Å². The predicted molar refractivity (Wildman–Crippen MR) is 107 cm³/mol. The van der Waals surface area contributed by atoms with Gasteiger partial charge in [-0.3, -0.25) is 5.32 Å². The lowest BCUT2D eigenvalue weighted by Crippen LogP contribution is -3.00. The molecule has 0 unspecified atom stereocenters. The number of anilines is 1. The molecule has 27 heavy (non-hydrogen) atoms. The highest BCUT2D eigenvalue weighted by atomic mass is 35.5. The summed E-state index contributed by atoms with van der Waals surface area (Å²) in [5, 5.41) is 6.41. The molecule has 0 atom stereocenters. The largest absolute Gasteiger partial charge is 1.00 e. The highest BCUT2D eigenvalue weighted by Gasteiger charge is 2.05. The van der Waals surface area contributed by atoms with Crippen LogP contribution in [0.15, 0.2) is 71.7 Å². The van der Waals surface area contributed by atoms with E-state index >= 15 is 0 Å². The Balaban J connectivity index is 0.00000210. The Bertz CT molecular complexity index is 1120. The predicted octanol–water partition coefficient (Wildman–Crippen LogP) is 1.02. The van der Waals surface area contributed by atoms with Gasteiger partial charge in [-0.25, -0.2) is 15.0 Å². The molecule has 0 aliphatic heterocycles. The number of nitrogens with two attached hydrogens (primary N) is 1. The van der Waals surface area contributed by atoms with Crippen LogP contribution in [0.3, 0.4) is 0 Å². The van der Waals surface area contributed by atoms with E-state index in [0.29, 0.717) is 18.5 Å². The number of rotatable bonds is 3. The third-order valence-electron chi connectivity index (χ3n) is 4.33. The molecule has 1 heterocycles. The molecule has 0 bridgehead atoms. The number of benzene rings is 3. The fourth-order valence-electron chi connectivity index (χ4n) is 3.05. The van der Waals surface area contributed by atoms with Crippen LogP contribution in [0.5, 0.6) is 0 Å². The second-order valence-corrected chi connectivity index (χ2v) is 6.11. The number of fused-ring (bicyclic) bond motifs is 2. The van der Waals surface area contributed by atoms with Crippen LogP contribution in [-0.2, 0) is 6.54 Å². The maximum absolute atomic E-state index is 6.05. The number of halogens is 1. The monoisotopic (exact) mass is 376 g/mol. The van der Waals surface area contributed by atoms with Crippen LogP contribution < -0.4 is 23.5 Å². The molecule has 0 fully saturated rings. The van der Waals surface area contributed by atoms with Gasteiger partial charge in [-0.2, -0.15) is 0 Å². The number of hydrogen-bond acceptors (Lipinski definition) is 3. The standard InChI is InChI=1S/C21H19N5.ClH/c1-14-17-10-4-5-12-19(17)25-21(24-14)26-20(22)23-13-16-9-6-8-15-7-2-3-11-18(15)16;/h2-12H,13H2,1H3,(H3,22,23,24,25,26);1H/p-1. The van der Waals surface area contributed by atoms with Gasteiger partial charge in [-0.1, -0.05) is 60.7 Å². The lowest BCUT2D eigenvalue weighted by Gasteiger charge is -2.08. The molecule has 0 saturated heterocycles. The molecule has 3 aromatic carbocycles. The number of hydrogen-bond donors (Lipinski definition) is 2. The number of nitrogens with zero attached hydrogens (tertiary/aromatic N) is 3. The van der Waals surface area contributed by atoms with Crippen LogP contribution in [-0.4, -0.2) is 15.9 Å². The number of guanidine groups is 1. The molecule has 0 aliphatic carbocycles. The fourth-order valence-corrected chi connectivity index (χ4v) is 3.05. The van der Waals surface area contributed by atoms with E-state index in [0.717, 1.165) is 22.2 Å². The van der Waals surface area contributed by atoms with Crippen molar-refractivity contribution >= 4 is 33.6 Å². The Kier molecular flexibility index (Phi) is 5.52. The van der Waals surface area contributed by atoms with Gasteiger partial charge < -0.3 is 18.1 Å². The summed E-state index contributed by atoms with van der Waals surface area (Å²) in [4.78, 5) is 13.4. The van der Waals surface area contributed by atoms with E-state index in [2.05, 4.69) is 44.5 Å². The quantitative estimate of drug-likeness (QED) is 0.413. The van der Waals surface area contributed by atoms with Crippen molar-refractivity contribution in [3.8, 4) is 0 Å². The van der Waals surface area contributed by atoms with Crippen molar-refractivity contribution in [3.05, 3.63) is 78.0 Å². The van der Waals surface area contributed by atoms with E-state index in [-0.39, 0.29) is 12.4 Å². The van der Waals surface area contributed by atoms with Gasteiger partial charge in [-0.05, 0) is 29.3 Å². The lowest BCUT2D eigenvalue weighted by molar-refractivity contribution is -0.00000552. The Morgan fingerprint density at radius 2 is 1.63 bits per heavy atom. The molecule has 0 spiro atoms. The van der Waals surface area contributed by atoms with E-state index in [1.807, 2.05) is 49.4 Å². The van der Waals surface area contributed by atoms with Gasteiger partial charge >= 0.3 is 0 Å². The van der Waals surface area contributed by atoms with Gasteiger partial charge in [0.05, 0.1) is 17.8 Å². The fraction of sp³-hybridized carbons (Fsp3) is 0.0952. The molecule has 4 rings (SSSR count). The second kappa shape index (κ2) is 8.01. The minimum Gasteiger partial charge on any atom is -1.00 e. The summed E-state index contributed by atoms with van der Waals surface area (Å²) in [6.45, 7) is 2.45. The SMILES string of the molecule is Cc1nc(NC(N)=NCc2cccc3ccccc23)nc2ccccc12.[Cl-]. The molecule has 0 amide bonds. The highest BCUT2D eigenvalue weighted by Crippen LogP contribution is 2.19. The zero-order chi connectivity index (χ0) is 17.9. The summed E-state index contributed by atoms with van der Waals surface area (Å²) in [7, 11) is 0. The summed E-state index contributed by atoms with van der Waals surface area (Å²) < 4.78 is 0. The van der Waals surface area contributed by atoms with Crippen molar-refractivity contribution in [3.63, 3.8) is 0 Å². The zero-order valence-corrected chi connectivity index (χ0v) is 15.6. The number of nitrogens with one attached hydrogen (secondary N) is 1. The van der Waals surface area contributed by atoms with Gasteiger partial charge in [0, 0.05) is 5.39 Å². The van der Waals surface area contributed by atoms with Crippen LogP contribution >= 0.6 is 0 Å². The summed E-state index contributed by atoms with van der Waals surface area (Å²) in [5.74, 6) is 0.757. The molecular weight excluding hydrogens is 358 g/mol. The summed E-state index contributed by atoms with van der Waals surface area (Å²) in [6, 6.07) is 22.3. The van der Waals surface area contributed by atoms with Gasteiger partial charge in [0.2, 0.25) is 5.95 Å². The normalized spacial score (nSPS) is 11.4. The molecule has 3 N–H and O–H groups in total. The Morgan fingerprint density at radius 1 is 0.926 bits per heavy atom. The Hall–Kier alpha value is -3.18. The first kappa shape index (κ1) is 18.6. The first-order chi connectivity index (χ1) is 12.7. The van der Waals surface area contributed by atoms with Crippen LogP contribution in [0, 0.1) is 6.92 Å². The van der Waals surface area contributed by atoms with Crippen molar-refractivity contribution < 1.29 is 12.4 Å². The summed E-state index contributed by atoms with van der Waals surface area (Å²) in [5.41, 5.74) is 8.96. The average molecular weight is 377 g/mol. The van der Waals surface area contributed by atoms with E-state index < -0.39 is 0 Å². The van der Waals surface area contributed by atoms with Crippen LogP contribution in [0.4, 0.5) is 5.95 Å². The molecule has 1 aromatic heterocycles. The lowest BCUT2D eigenvalue weighted by atomic mass is 10.1. The zero-order valence-electron chi connectivity index (χ0n) is 14.9. The topological polar surface area (TPSA) is 76.2 Å². The molecule has 5 nitrogen and oxygen atoms in total. The number of aliphatic imine (C=N–C) groups is 1. The van der Waals surface area contributed by atoms with E-state index in [9.17, 15) is 0 Å². The first-order valence-corrected chi connectivity index (χ1v) is 8.48. The Morgan fingerprint density at radius 3 is 2.48 bits per heavy atom. The summed E-state index contributed by atoms with van der Waals surface area (Å²) in [6.07, 6.45) is 0. The maximum Gasteiger partial charge on any atom is 0.230 e. The molecule has 136 valence electrons. The number of aryl methyl sites for hydroxylation is 1.